The lowest BCUT2D eigenvalue weighted by Gasteiger charge is -2.06. The minimum atomic E-state index is 0.00651. The Morgan fingerprint density at radius 3 is 2.95 bits per heavy atom. The Labute approximate surface area is 132 Å². The zero-order valence-electron chi connectivity index (χ0n) is 12.1. The lowest BCUT2D eigenvalue weighted by atomic mass is 10.2. The Kier molecular flexibility index (Phi) is 4.34. The number of aromatic nitrogens is 5. The number of oxazole rings is 1. The van der Waals surface area contributed by atoms with Crippen molar-refractivity contribution in [3.05, 3.63) is 55.1 Å². The summed E-state index contributed by atoms with van der Waals surface area (Å²) in [5, 5.41) is 12.3. The fraction of sp³-hybridized carbons (Fsp3) is 0.200. The van der Waals surface area contributed by atoms with E-state index in [0.717, 1.165) is 11.3 Å². The van der Waals surface area contributed by atoms with Gasteiger partial charge in [-0.25, -0.2) is 9.67 Å². The number of hydrogen-bond donors (Lipinski definition) is 0. The maximum Gasteiger partial charge on any atom is 0.210 e. The average molecular weight is 313 g/mol. The summed E-state index contributed by atoms with van der Waals surface area (Å²) in [6, 6.07) is 9.90. The van der Waals surface area contributed by atoms with Crippen molar-refractivity contribution < 1.29 is 4.42 Å². The minimum absolute atomic E-state index is 0.00651. The van der Waals surface area contributed by atoms with E-state index in [1.165, 1.54) is 11.8 Å². The van der Waals surface area contributed by atoms with E-state index < -0.39 is 0 Å². The highest BCUT2D eigenvalue weighted by Gasteiger charge is 2.18. The predicted molar refractivity (Wildman–Crippen MR) is 84.2 cm³/mol. The molecule has 1 unspecified atom stereocenters. The number of tetrazole rings is 1. The first-order valence-electron chi connectivity index (χ1n) is 6.83. The molecule has 0 aliphatic rings. The van der Waals surface area contributed by atoms with E-state index in [-0.39, 0.29) is 5.25 Å². The molecule has 1 atom stereocenters. The second-order valence-corrected chi connectivity index (χ2v) is 5.93. The van der Waals surface area contributed by atoms with Crippen LogP contribution in [0, 0.1) is 0 Å². The molecule has 22 heavy (non-hydrogen) atoms. The van der Waals surface area contributed by atoms with Crippen LogP contribution in [-0.2, 0) is 6.54 Å². The van der Waals surface area contributed by atoms with Crippen LogP contribution in [0.3, 0.4) is 0 Å². The molecule has 0 aliphatic heterocycles. The standard InChI is InChI=1S/C15H15N5OS/c1-3-9-20-15(17-18-19-20)22-11(2)14-16-10-13(21-14)12-7-5-4-6-8-12/h3-8,10-11H,1,9H2,2H3. The summed E-state index contributed by atoms with van der Waals surface area (Å²) in [6.07, 6.45) is 3.50. The van der Waals surface area contributed by atoms with Gasteiger partial charge in [0.2, 0.25) is 11.0 Å². The highest BCUT2D eigenvalue weighted by Crippen LogP contribution is 2.34. The van der Waals surface area contributed by atoms with Gasteiger partial charge in [0.1, 0.15) is 0 Å². The van der Waals surface area contributed by atoms with E-state index in [1.807, 2.05) is 37.3 Å². The van der Waals surface area contributed by atoms with Gasteiger partial charge in [-0.05, 0) is 17.4 Å². The maximum absolute atomic E-state index is 5.85. The van der Waals surface area contributed by atoms with Crippen molar-refractivity contribution in [2.75, 3.05) is 0 Å². The molecule has 112 valence electrons. The summed E-state index contributed by atoms with van der Waals surface area (Å²) >= 11 is 1.50. The number of rotatable bonds is 6. The Balaban J connectivity index is 1.75. The van der Waals surface area contributed by atoms with Crippen molar-refractivity contribution in [1.29, 1.82) is 0 Å². The fourth-order valence-corrected chi connectivity index (χ4v) is 2.78. The molecule has 0 saturated carbocycles. The van der Waals surface area contributed by atoms with E-state index in [4.69, 9.17) is 4.42 Å². The zero-order valence-corrected chi connectivity index (χ0v) is 12.9. The summed E-state index contributed by atoms with van der Waals surface area (Å²) in [6.45, 7) is 6.28. The Morgan fingerprint density at radius 1 is 1.36 bits per heavy atom. The molecule has 0 N–H and O–H groups in total. The van der Waals surface area contributed by atoms with Gasteiger partial charge in [-0.15, -0.1) is 11.7 Å². The molecule has 7 heteroatoms. The number of allylic oxidation sites excluding steroid dienone is 1. The summed E-state index contributed by atoms with van der Waals surface area (Å²) in [7, 11) is 0. The largest absolute Gasteiger partial charge is 0.440 e. The van der Waals surface area contributed by atoms with Crippen LogP contribution in [0.2, 0.25) is 0 Å². The quantitative estimate of drug-likeness (QED) is 0.513. The highest BCUT2D eigenvalue weighted by atomic mass is 32.2. The zero-order chi connectivity index (χ0) is 15.4. The van der Waals surface area contributed by atoms with E-state index in [1.54, 1.807) is 17.0 Å². The molecule has 2 heterocycles. The highest BCUT2D eigenvalue weighted by molar-refractivity contribution is 7.99. The van der Waals surface area contributed by atoms with Gasteiger partial charge in [0.15, 0.2) is 5.76 Å². The SMILES string of the molecule is C=CCn1nnnc1SC(C)c1ncc(-c2ccccc2)o1. The van der Waals surface area contributed by atoms with Crippen LogP contribution >= 0.6 is 11.8 Å². The van der Waals surface area contributed by atoms with Crippen LogP contribution in [0.5, 0.6) is 0 Å². The first-order chi connectivity index (χ1) is 10.8. The van der Waals surface area contributed by atoms with Gasteiger partial charge in [0.25, 0.3) is 0 Å². The minimum Gasteiger partial charge on any atom is -0.440 e. The normalized spacial score (nSPS) is 12.2. The molecular weight excluding hydrogens is 298 g/mol. The molecule has 0 spiro atoms. The van der Waals surface area contributed by atoms with E-state index in [9.17, 15) is 0 Å². The van der Waals surface area contributed by atoms with Crippen LogP contribution in [0.25, 0.3) is 11.3 Å². The second-order valence-electron chi connectivity index (χ2n) is 4.62. The molecule has 6 nitrogen and oxygen atoms in total. The van der Waals surface area contributed by atoms with Crippen molar-refractivity contribution >= 4 is 11.8 Å². The molecule has 0 aliphatic carbocycles. The Morgan fingerprint density at radius 2 is 2.18 bits per heavy atom. The first-order valence-corrected chi connectivity index (χ1v) is 7.70. The molecule has 0 fully saturated rings. The van der Waals surface area contributed by atoms with Crippen LogP contribution in [-0.4, -0.2) is 25.2 Å². The molecule has 0 amide bonds. The van der Waals surface area contributed by atoms with Crippen LogP contribution in [0.15, 0.2) is 58.8 Å². The Hall–Kier alpha value is -2.41. The van der Waals surface area contributed by atoms with Crippen molar-refractivity contribution in [2.24, 2.45) is 0 Å². The van der Waals surface area contributed by atoms with Gasteiger partial charge < -0.3 is 4.42 Å². The number of thioether (sulfide) groups is 1. The molecule has 0 radical (unpaired) electrons. The Bertz CT molecular complexity index is 752. The van der Waals surface area contributed by atoms with E-state index in [2.05, 4.69) is 27.1 Å². The lowest BCUT2D eigenvalue weighted by molar-refractivity contribution is 0.509. The van der Waals surface area contributed by atoms with Crippen LogP contribution < -0.4 is 0 Å². The molecular formula is C15H15N5OS. The van der Waals surface area contributed by atoms with Crippen LogP contribution in [0.4, 0.5) is 0 Å². The van der Waals surface area contributed by atoms with Gasteiger partial charge in [0, 0.05) is 5.56 Å². The van der Waals surface area contributed by atoms with Crippen molar-refractivity contribution in [1.82, 2.24) is 25.2 Å². The molecule has 2 aromatic heterocycles. The lowest BCUT2D eigenvalue weighted by Crippen LogP contribution is -2.01. The van der Waals surface area contributed by atoms with Crippen molar-refractivity contribution in [3.8, 4) is 11.3 Å². The van der Waals surface area contributed by atoms with Gasteiger partial charge >= 0.3 is 0 Å². The predicted octanol–water partition coefficient (Wildman–Crippen LogP) is 3.37. The summed E-state index contributed by atoms with van der Waals surface area (Å²) < 4.78 is 7.54. The number of hydrogen-bond acceptors (Lipinski definition) is 6. The summed E-state index contributed by atoms with van der Waals surface area (Å²) in [5.74, 6) is 1.41. The van der Waals surface area contributed by atoms with Crippen molar-refractivity contribution in [3.63, 3.8) is 0 Å². The smallest absolute Gasteiger partial charge is 0.210 e. The monoisotopic (exact) mass is 313 g/mol. The van der Waals surface area contributed by atoms with Crippen molar-refractivity contribution in [2.45, 2.75) is 23.9 Å². The fourth-order valence-electron chi connectivity index (χ4n) is 1.94. The third kappa shape index (κ3) is 3.09. The second kappa shape index (κ2) is 6.57. The first kappa shape index (κ1) is 14.5. The molecule has 0 saturated heterocycles. The molecule has 1 aromatic carbocycles. The van der Waals surface area contributed by atoms with Gasteiger partial charge in [-0.2, -0.15) is 0 Å². The maximum atomic E-state index is 5.85. The molecule has 3 aromatic rings. The third-order valence-electron chi connectivity index (χ3n) is 3.01. The van der Waals surface area contributed by atoms with E-state index >= 15 is 0 Å². The van der Waals surface area contributed by atoms with E-state index in [0.29, 0.717) is 17.6 Å². The van der Waals surface area contributed by atoms with Gasteiger partial charge in [0.05, 0.1) is 18.0 Å². The molecule has 3 rings (SSSR count). The van der Waals surface area contributed by atoms with Gasteiger partial charge in [-0.3, -0.25) is 0 Å². The third-order valence-corrected chi connectivity index (χ3v) is 4.07. The number of benzene rings is 1. The number of nitrogens with zero attached hydrogens (tertiary/aromatic N) is 5. The summed E-state index contributed by atoms with van der Waals surface area (Å²) in [4.78, 5) is 4.36. The van der Waals surface area contributed by atoms with Crippen LogP contribution in [0.1, 0.15) is 18.1 Å². The summed E-state index contributed by atoms with van der Waals surface area (Å²) in [5.41, 5.74) is 1.01. The average Bonchev–Trinajstić information content (AvgIpc) is 3.19. The van der Waals surface area contributed by atoms with Gasteiger partial charge in [-0.1, -0.05) is 48.2 Å². The topological polar surface area (TPSA) is 69.6 Å². The molecule has 0 bridgehead atoms.